The molecule has 2 aromatic rings. The third-order valence-electron chi connectivity index (χ3n) is 2.96. The van der Waals surface area contributed by atoms with Crippen molar-refractivity contribution < 1.29 is 13.9 Å². The summed E-state index contributed by atoms with van der Waals surface area (Å²) in [7, 11) is 4.05. The second kappa shape index (κ2) is 6.77. The van der Waals surface area contributed by atoms with Gasteiger partial charge in [-0.15, -0.1) is 12.4 Å². The summed E-state index contributed by atoms with van der Waals surface area (Å²) in [5, 5.41) is 0.974. The molecule has 5 heteroatoms. The van der Waals surface area contributed by atoms with Crippen LogP contribution in [0, 0.1) is 6.92 Å². The molecule has 0 aliphatic heterocycles. The van der Waals surface area contributed by atoms with Crippen molar-refractivity contribution in [1.82, 2.24) is 4.90 Å². The maximum absolute atomic E-state index is 11.8. The molecule has 0 unspecified atom stereocenters. The van der Waals surface area contributed by atoms with E-state index >= 15 is 0 Å². The van der Waals surface area contributed by atoms with Gasteiger partial charge in [0, 0.05) is 17.5 Å². The van der Waals surface area contributed by atoms with Gasteiger partial charge in [0.25, 0.3) is 0 Å². The number of rotatable bonds is 4. The van der Waals surface area contributed by atoms with Crippen molar-refractivity contribution in [3.05, 3.63) is 35.1 Å². The first kappa shape index (κ1) is 16.5. The molecule has 0 amide bonds. The number of hydrogen-bond donors (Lipinski definition) is 0. The van der Waals surface area contributed by atoms with Crippen molar-refractivity contribution in [3.8, 4) is 0 Å². The number of aryl methyl sites for hydroxylation is 1. The van der Waals surface area contributed by atoms with Gasteiger partial charge in [-0.2, -0.15) is 0 Å². The number of carbonyl (C=O) groups is 1. The zero-order valence-corrected chi connectivity index (χ0v) is 13.0. The van der Waals surface area contributed by atoms with Crippen LogP contribution >= 0.6 is 12.4 Å². The lowest BCUT2D eigenvalue weighted by Gasteiger charge is -2.09. The van der Waals surface area contributed by atoms with Crippen LogP contribution < -0.4 is 0 Å². The van der Waals surface area contributed by atoms with Crippen molar-refractivity contribution >= 4 is 29.3 Å². The number of hydrogen-bond acceptors (Lipinski definition) is 4. The Hall–Kier alpha value is -1.52. The van der Waals surface area contributed by atoms with Crippen LogP contribution in [0.5, 0.6) is 0 Å². The molecule has 4 nitrogen and oxygen atoms in total. The van der Waals surface area contributed by atoms with Crippen molar-refractivity contribution in [2.24, 2.45) is 0 Å². The van der Waals surface area contributed by atoms with E-state index in [1.807, 2.05) is 33.2 Å². The van der Waals surface area contributed by atoms with E-state index in [1.54, 1.807) is 6.92 Å². The average Bonchev–Trinajstić information content (AvgIpc) is 2.67. The molecule has 1 aromatic carbocycles. The largest absolute Gasteiger partial charge is 0.460 e. The van der Waals surface area contributed by atoms with E-state index in [0.29, 0.717) is 12.4 Å². The highest BCUT2D eigenvalue weighted by molar-refractivity contribution is 5.96. The van der Waals surface area contributed by atoms with Gasteiger partial charge in [0.15, 0.2) is 0 Å². The minimum absolute atomic E-state index is 0. The van der Waals surface area contributed by atoms with Crippen LogP contribution in [-0.2, 0) is 11.3 Å². The first-order chi connectivity index (χ1) is 9.02. The number of carbonyl (C=O) groups excluding carboxylic acids is 1. The standard InChI is InChI=1S/C15H19NO3.ClH/c1-5-18-15(17)14-10(2)12-8-11(9-16(3)4)6-7-13(12)19-14;/h6-8H,5,9H2,1-4H3;1H. The molecule has 0 radical (unpaired) electrons. The zero-order valence-electron chi connectivity index (χ0n) is 12.2. The second-order valence-corrected chi connectivity index (χ2v) is 4.84. The van der Waals surface area contributed by atoms with Crippen molar-refractivity contribution in [2.75, 3.05) is 20.7 Å². The van der Waals surface area contributed by atoms with Gasteiger partial charge >= 0.3 is 5.97 Å². The predicted octanol–water partition coefficient (Wildman–Crippen LogP) is 3.40. The molecule has 110 valence electrons. The van der Waals surface area contributed by atoms with Crippen LogP contribution in [-0.4, -0.2) is 31.6 Å². The summed E-state index contributed by atoms with van der Waals surface area (Å²) in [6.07, 6.45) is 0. The lowest BCUT2D eigenvalue weighted by atomic mass is 10.1. The van der Waals surface area contributed by atoms with E-state index in [4.69, 9.17) is 9.15 Å². The van der Waals surface area contributed by atoms with Crippen LogP contribution in [0.1, 0.15) is 28.6 Å². The molecule has 1 heterocycles. The fourth-order valence-electron chi connectivity index (χ4n) is 2.12. The molecule has 2 rings (SSSR count). The second-order valence-electron chi connectivity index (χ2n) is 4.84. The highest BCUT2D eigenvalue weighted by Gasteiger charge is 2.18. The van der Waals surface area contributed by atoms with Gasteiger partial charge in [0.1, 0.15) is 5.58 Å². The number of halogens is 1. The smallest absolute Gasteiger partial charge is 0.374 e. The van der Waals surface area contributed by atoms with Gasteiger partial charge in [0.05, 0.1) is 6.61 Å². The summed E-state index contributed by atoms with van der Waals surface area (Å²) in [6.45, 7) is 4.87. The van der Waals surface area contributed by atoms with Gasteiger partial charge in [-0.25, -0.2) is 4.79 Å². The molecular weight excluding hydrogens is 278 g/mol. The van der Waals surface area contributed by atoms with Crippen molar-refractivity contribution in [2.45, 2.75) is 20.4 Å². The molecule has 0 aliphatic carbocycles. The molecule has 0 bridgehead atoms. The number of nitrogens with zero attached hydrogens (tertiary/aromatic N) is 1. The Morgan fingerprint density at radius 3 is 2.65 bits per heavy atom. The molecule has 0 saturated carbocycles. The molecule has 0 spiro atoms. The molecule has 0 saturated heterocycles. The normalized spacial score (nSPS) is 10.7. The molecule has 20 heavy (non-hydrogen) atoms. The summed E-state index contributed by atoms with van der Waals surface area (Å²) in [6, 6.07) is 5.99. The maximum Gasteiger partial charge on any atom is 0.374 e. The van der Waals surface area contributed by atoms with Crippen molar-refractivity contribution in [1.29, 1.82) is 0 Å². The summed E-state index contributed by atoms with van der Waals surface area (Å²) < 4.78 is 10.6. The predicted molar refractivity (Wildman–Crippen MR) is 81.5 cm³/mol. The number of benzene rings is 1. The summed E-state index contributed by atoms with van der Waals surface area (Å²) in [4.78, 5) is 13.9. The van der Waals surface area contributed by atoms with Crippen LogP contribution in [0.15, 0.2) is 22.6 Å². The maximum atomic E-state index is 11.8. The topological polar surface area (TPSA) is 42.7 Å². The Morgan fingerprint density at radius 2 is 2.05 bits per heavy atom. The number of esters is 1. The molecule has 0 atom stereocenters. The Labute approximate surface area is 125 Å². The van der Waals surface area contributed by atoms with E-state index < -0.39 is 5.97 Å². The molecule has 0 aliphatic rings. The molecular formula is C15H20ClNO3. The van der Waals surface area contributed by atoms with E-state index in [1.165, 1.54) is 5.56 Å². The number of fused-ring (bicyclic) bond motifs is 1. The number of ether oxygens (including phenoxy) is 1. The first-order valence-corrected chi connectivity index (χ1v) is 6.36. The quantitative estimate of drug-likeness (QED) is 0.811. The fraction of sp³-hybridized carbons (Fsp3) is 0.400. The third kappa shape index (κ3) is 3.32. The first-order valence-electron chi connectivity index (χ1n) is 6.36. The highest BCUT2D eigenvalue weighted by atomic mass is 35.5. The van der Waals surface area contributed by atoms with Gasteiger partial charge in [-0.05, 0) is 45.6 Å². The lowest BCUT2D eigenvalue weighted by molar-refractivity contribution is 0.0491. The zero-order chi connectivity index (χ0) is 14.0. The van der Waals surface area contributed by atoms with Gasteiger partial charge in [-0.3, -0.25) is 0 Å². The van der Waals surface area contributed by atoms with Crippen LogP contribution in [0.2, 0.25) is 0 Å². The summed E-state index contributed by atoms with van der Waals surface area (Å²) in [5.74, 6) is -0.0933. The molecule has 0 fully saturated rings. The van der Waals surface area contributed by atoms with Gasteiger partial charge in [0.2, 0.25) is 5.76 Å². The Bertz CT molecular complexity index is 604. The highest BCUT2D eigenvalue weighted by Crippen LogP contribution is 2.27. The van der Waals surface area contributed by atoms with Crippen LogP contribution in [0.4, 0.5) is 0 Å². The van der Waals surface area contributed by atoms with E-state index in [2.05, 4.69) is 11.0 Å². The Kier molecular flexibility index (Phi) is 5.60. The van der Waals surface area contributed by atoms with E-state index in [9.17, 15) is 4.79 Å². The molecule has 0 N–H and O–H groups in total. The lowest BCUT2D eigenvalue weighted by Crippen LogP contribution is -2.10. The van der Waals surface area contributed by atoms with Crippen LogP contribution in [0.3, 0.4) is 0 Å². The monoisotopic (exact) mass is 297 g/mol. The minimum atomic E-state index is -0.398. The Morgan fingerprint density at radius 1 is 1.35 bits per heavy atom. The van der Waals surface area contributed by atoms with Crippen molar-refractivity contribution in [3.63, 3.8) is 0 Å². The third-order valence-corrected chi connectivity index (χ3v) is 2.96. The summed E-state index contributed by atoms with van der Waals surface area (Å²) in [5.41, 5.74) is 2.76. The Balaban J connectivity index is 0.00000200. The number of furan rings is 1. The van der Waals surface area contributed by atoms with Gasteiger partial charge < -0.3 is 14.1 Å². The SMILES string of the molecule is CCOC(=O)c1oc2ccc(CN(C)C)cc2c1C.Cl. The molecule has 1 aromatic heterocycles. The van der Waals surface area contributed by atoms with E-state index in [0.717, 1.165) is 23.1 Å². The fourth-order valence-corrected chi connectivity index (χ4v) is 2.12. The average molecular weight is 298 g/mol. The minimum Gasteiger partial charge on any atom is -0.460 e. The summed E-state index contributed by atoms with van der Waals surface area (Å²) >= 11 is 0. The van der Waals surface area contributed by atoms with Crippen LogP contribution in [0.25, 0.3) is 11.0 Å². The van der Waals surface area contributed by atoms with E-state index in [-0.39, 0.29) is 12.4 Å². The van der Waals surface area contributed by atoms with Gasteiger partial charge in [-0.1, -0.05) is 6.07 Å².